The second-order valence-corrected chi connectivity index (χ2v) is 5.09. The summed E-state index contributed by atoms with van der Waals surface area (Å²) in [5, 5.41) is 4.04. The molecule has 0 aliphatic rings. The monoisotopic (exact) mass is 262 g/mol. The smallest absolute Gasteiger partial charge is 0.173 e. The molecule has 0 atom stereocenters. The van der Waals surface area contributed by atoms with Gasteiger partial charge in [-0.1, -0.05) is 18.2 Å². The number of nitrogens with zero attached hydrogens (tertiary/aromatic N) is 1. The molecule has 3 heteroatoms. The lowest BCUT2D eigenvalue weighted by Crippen LogP contribution is -2.35. The summed E-state index contributed by atoms with van der Waals surface area (Å²) in [4.78, 5) is 2.10. The summed E-state index contributed by atoms with van der Waals surface area (Å²) >= 11 is 5.42. The summed E-state index contributed by atoms with van der Waals surface area (Å²) in [5.41, 5.74) is 4.72. The molecule has 18 heavy (non-hydrogen) atoms. The van der Waals surface area contributed by atoms with Crippen molar-refractivity contribution in [1.29, 1.82) is 0 Å². The maximum atomic E-state index is 5.42. The van der Waals surface area contributed by atoms with E-state index >= 15 is 0 Å². The molecular weight excluding hydrogens is 240 g/mol. The van der Waals surface area contributed by atoms with E-state index in [-0.39, 0.29) is 0 Å². The van der Waals surface area contributed by atoms with E-state index in [0.29, 0.717) is 0 Å². The fraction of sp³-hybridized carbons (Fsp3) is 0.400. The van der Waals surface area contributed by atoms with Crippen LogP contribution in [0.25, 0.3) is 0 Å². The number of likely N-dealkylation sites (N-methyl/N-ethyl adjacent to an activating group) is 1. The second kappa shape index (κ2) is 6.55. The number of rotatable bonds is 4. The number of anilines is 1. The topological polar surface area (TPSA) is 15.3 Å². The second-order valence-electron chi connectivity index (χ2n) is 4.70. The van der Waals surface area contributed by atoms with E-state index < -0.39 is 0 Å². The highest BCUT2D eigenvalue weighted by Crippen LogP contribution is 2.15. The Balaban J connectivity index is 2.73. The number of thiocarbonyl (C=S) groups is 1. The molecule has 1 aromatic carbocycles. The van der Waals surface area contributed by atoms with Crippen LogP contribution in [-0.4, -0.2) is 23.1 Å². The molecule has 0 heterocycles. The zero-order valence-corrected chi connectivity index (χ0v) is 12.5. The largest absolute Gasteiger partial charge is 0.345 e. The Labute approximate surface area is 116 Å². The van der Waals surface area contributed by atoms with Crippen molar-refractivity contribution < 1.29 is 0 Å². The quantitative estimate of drug-likeness (QED) is 0.654. The first kappa shape index (κ1) is 14.7. The van der Waals surface area contributed by atoms with Crippen LogP contribution in [-0.2, 0) is 0 Å². The fourth-order valence-electron chi connectivity index (χ4n) is 1.67. The van der Waals surface area contributed by atoms with Crippen molar-refractivity contribution in [3.05, 3.63) is 41.5 Å². The Hall–Kier alpha value is -1.35. The Bertz CT molecular complexity index is 452. The van der Waals surface area contributed by atoms with Gasteiger partial charge in [0.05, 0.1) is 0 Å². The normalized spacial score (nSPS) is 10.0. The summed E-state index contributed by atoms with van der Waals surface area (Å²) in [6.45, 7) is 13.9. The minimum atomic E-state index is 0.753. The van der Waals surface area contributed by atoms with Gasteiger partial charge >= 0.3 is 0 Å². The zero-order valence-electron chi connectivity index (χ0n) is 11.7. The first-order valence-electron chi connectivity index (χ1n) is 6.21. The highest BCUT2D eigenvalue weighted by atomic mass is 32.1. The number of hydrogen-bond acceptors (Lipinski definition) is 1. The van der Waals surface area contributed by atoms with E-state index in [9.17, 15) is 0 Å². The average molecular weight is 262 g/mol. The molecule has 1 aromatic rings. The molecule has 0 spiro atoms. The molecule has 0 aliphatic heterocycles. The van der Waals surface area contributed by atoms with Crippen LogP contribution in [0.1, 0.15) is 25.0 Å². The maximum absolute atomic E-state index is 5.42. The predicted octanol–water partition coefficient (Wildman–Crippen LogP) is 3.90. The summed E-state index contributed by atoms with van der Waals surface area (Å²) in [7, 11) is 0. The molecule has 0 saturated carbocycles. The lowest BCUT2D eigenvalue weighted by Gasteiger charge is -2.24. The van der Waals surface area contributed by atoms with Crippen molar-refractivity contribution >= 4 is 23.0 Å². The van der Waals surface area contributed by atoms with Gasteiger partial charge in [0, 0.05) is 18.8 Å². The van der Waals surface area contributed by atoms with E-state index in [1.54, 1.807) is 0 Å². The first-order valence-corrected chi connectivity index (χ1v) is 6.62. The van der Waals surface area contributed by atoms with Crippen molar-refractivity contribution in [1.82, 2.24) is 4.90 Å². The molecule has 0 bridgehead atoms. The van der Waals surface area contributed by atoms with E-state index in [0.717, 1.165) is 29.5 Å². The van der Waals surface area contributed by atoms with Crippen LogP contribution in [0.3, 0.4) is 0 Å². The molecule has 1 rings (SSSR count). The molecule has 2 nitrogen and oxygen atoms in total. The Morgan fingerprint density at radius 3 is 2.50 bits per heavy atom. The van der Waals surface area contributed by atoms with Gasteiger partial charge in [-0.15, -0.1) is 0 Å². The third kappa shape index (κ3) is 4.15. The molecule has 0 aliphatic carbocycles. The van der Waals surface area contributed by atoms with Crippen molar-refractivity contribution in [3.8, 4) is 0 Å². The van der Waals surface area contributed by atoms with Crippen LogP contribution in [0.5, 0.6) is 0 Å². The summed E-state index contributed by atoms with van der Waals surface area (Å²) in [5.74, 6) is 0. The van der Waals surface area contributed by atoms with Crippen LogP contribution >= 0.6 is 12.2 Å². The van der Waals surface area contributed by atoms with Crippen LogP contribution < -0.4 is 5.32 Å². The van der Waals surface area contributed by atoms with Gasteiger partial charge in [0.2, 0.25) is 0 Å². The van der Waals surface area contributed by atoms with Gasteiger partial charge in [0.1, 0.15) is 0 Å². The maximum Gasteiger partial charge on any atom is 0.173 e. The minimum Gasteiger partial charge on any atom is -0.345 e. The van der Waals surface area contributed by atoms with Crippen LogP contribution in [0.2, 0.25) is 0 Å². The standard InChI is InChI=1S/C15H22N2S/c1-6-17(10-11(2)3)15(18)16-14-8-7-12(4)13(5)9-14/h7-9H,2,6,10H2,1,3-5H3,(H,16,18). The lowest BCUT2D eigenvalue weighted by molar-refractivity contribution is 0.485. The van der Waals surface area contributed by atoms with E-state index in [1.807, 2.05) is 6.92 Å². The molecule has 0 fully saturated rings. The molecule has 0 amide bonds. The summed E-state index contributed by atoms with van der Waals surface area (Å²) in [6.07, 6.45) is 0. The van der Waals surface area contributed by atoms with Gasteiger partial charge in [0.25, 0.3) is 0 Å². The van der Waals surface area contributed by atoms with Gasteiger partial charge in [-0.3, -0.25) is 0 Å². The van der Waals surface area contributed by atoms with Gasteiger partial charge in [0.15, 0.2) is 5.11 Å². The third-order valence-corrected chi connectivity index (χ3v) is 3.25. The number of hydrogen-bond donors (Lipinski definition) is 1. The van der Waals surface area contributed by atoms with Crippen LogP contribution in [0.4, 0.5) is 5.69 Å². The molecule has 0 aromatic heterocycles. The fourth-order valence-corrected chi connectivity index (χ4v) is 1.99. The predicted molar refractivity (Wildman–Crippen MR) is 84.2 cm³/mol. The Morgan fingerprint density at radius 2 is 2.00 bits per heavy atom. The molecular formula is C15H22N2S. The molecule has 0 saturated heterocycles. The van der Waals surface area contributed by atoms with Gasteiger partial charge in [-0.05, 0) is 63.2 Å². The Kier molecular flexibility index (Phi) is 5.35. The van der Waals surface area contributed by atoms with Gasteiger partial charge in [-0.25, -0.2) is 0 Å². The Morgan fingerprint density at radius 1 is 1.33 bits per heavy atom. The molecule has 0 unspecified atom stereocenters. The van der Waals surface area contributed by atoms with Crippen LogP contribution in [0, 0.1) is 13.8 Å². The first-order chi connectivity index (χ1) is 8.43. The van der Waals surface area contributed by atoms with E-state index in [1.165, 1.54) is 11.1 Å². The highest BCUT2D eigenvalue weighted by molar-refractivity contribution is 7.80. The highest BCUT2D eigenvalue weighted by Gasteiger charge is 2.07. The molecule has 0 radical (unpaired) electrons. The molecule has 98 valence electrons. The minimum absolute atomic E-state index is 0.753. The number of aryl methyl sites for hydroxylation is 2. The van der Waals surface area contributed by atoms with Crippen molar-refractivity contribution in [2.45, 2.75) is 27.7 Å². The number of nitrogens with one attached hydrogen (secondary N) is 1. The van der Waals surface area contributed by atoms with Crippen molar-refractivity contribution in [2.24, 2.45) is 0 Å². The SMILES string of the molecule is C=C(C)CN(CC)C(=S)Nc1ccc(C)c(C)c1. The summed E-state index contributed by atoms with van der Waals surface area (Å²) < 4.78 is 0. The van der Waals surface area contributed by atoms with Crippen LogP contribution in [0.15, 0.2) is 30.4 Å². The van der Waals surface area contributed by atoms with Gasteiger partial charge in [-0.2, -0.15) is 0 Å². The average Bonchev–Trinajstić information content (AvgIpc) is 2.30. The zero-order chi connectivity index (χ0) is 13.7. The van der Waals surface area contributed by atoms with Gasteiger partial charge < -0.3 is 10.2 Å². The summed E-state index contributed by atoms with van der Waals surface area (Å²) in [6, 6.07) is 6.29. The van der Waals surface area contributed by atoms with Crippen molar-refractivity contribution in [2.75, 3.05) is 18.4 Å². The molecule has 1 N–H and O–H groups in total. The van der Waals surface area contributed by atoms with E-state index in [2.05, 4.69) is 55.8 Å². The lowest BCUT2D eigenvalue weighted by atomic mass is 10.1. The number of benzene rings is 1. The van der Waals surface area contributed by atoms with Crippen molar-refractivity contribution in [3.63, 3.8) is 0 Å². The third-order valence-electron chi connectivity index (χ3n) is 2.89. The van der Waals surface area contributed by atoms with E-state index in [4.69, 9.17) is 12.2 Å².